The van der Waals surface area contributed by atoms with Gasteiger partial charge in [0.1, 0.15) is 5.78 Å². The topological polar surface area (TPSA) is 81.3 Å². The zero-order chi connectivity index (χ0) is 7.65. The van der Waals surface area contributed by atoms with Crippen molar-refractivity contribution in [2.75, 3.05) is 0 Å². The van der Waals surface area contributed by atoms with Crippen LogP contribution in [0.3, 0.4) is 0 Å². The van der Waals surface area contributed by atoms with Gasteiger partial charge in [0, 0.05) is 0 Å². The summed E-state index contributed by atoms with van der Waals surface area (Å²) in [5.74, 6) is -1.55. The van der Waals surface area contributed by atoms with Gasteiger partial charge >= 0.3 is 7.60 Å². The van der Waals surface area contributed by atoms with E-state index in [0.29, 0.717) is 0 Å². The Balaban J connectivity index is 4.05. The maximum atomic E-state index is 10.3. The number of hydrogen-bond acceptors (Lipinski definition) is 1. The lowest BCUT2D eigenvalue weighted by atomic mass is 10.2. The van der Waals surface area contributed by atoms with Crippen LogP contribution in [0.1, 0.15) is 13.8 Å². The molecule has 1 radical (unpaired) electrons. The van der Waals surface area contributed by atoms with Crippen LogP contribution in [0.5, 0.6) is 0 Å². The van der Waals surface area contributed by atoms with Crippen molar-refractivity contribution in [2.24, 2.45) is 5.92 Å². The number of hydrogen-bond donors (Lipinski definition) is 2. The molecule has 9 heavy (non-hydrogen) atoms. The zero-order valence-corrected chi connectivity index (χ0v) is 6.30. The highest BCUT2D eigenvalue weighted by molar-refractivity contribution is 7.52. The van der Waals surface area contributed by atoms with E-state index >= 15 is 0 Å². The molecule has 0 heterocycles. The monoisotopic (exact) mass is 152 g/mol. The van der Waals surface area contributed by atoms with E-state index in [0.717, 1.165) is 0 Å². The van der Waals surface area contributed by atoms with Crippen LogP contribution in [0.4, 0.5) is 0 Å². The lowest BCUT2D eigenvalue weighted by molar-refractivity contribution is 0.341. The summed E-state index contributed by atoms with van der Waals surface area (Å²) in [5.41, 5.74) is 6.92. The summed E-state index contributed by atoms with van der Waals surface area (Å²) in [6.07, 6.45) is 0. The molecule has 55 valence electrons. The van der Waals surface area contributed by atoms with Crippen LogP contribution in [0.2, 0.25) is 0 Å². The summed E-state index contributed by atoms with van der Waals surface area (Å²) in [6, 6.07) is 0. The molecule has 0 saturated carbocycles. The van der Waals surface area contributed by atoms with Crippen LogP contribution < -0.4 is 5.73 Å². The second-order valence-corrected chi connectivity index (χ2v) is 4.01. The standard InChI is InChI=1S/C4H11NO3P/c1-3(2)4(5)9(6,7)8/h3-5H,1-2H3,(H2,6,7,8). The molecule has 3 N–H and O–H groups in total. The van der Waals surface area contributed by atoms with Crippen molar-refractivity contribution in [3.8, 4) is 0 Å². The average molecular weight is 152 g/mol. The second kappa shape index (κ2) is 2.80. The third kappa shape index (κ3) is 2.96. The third-order valence-corrected chi connectivity index (χ3v) is 2.31. The van der Waals surface area contributed by atoms with Gasteiger partial charge in [-0.15, -0.1) is 0 Å². The minimum Gasteiger partial charge on any atom is -0.323 e. The Bertz CT molecular complexity index is 130. The first-order chi connectivity index (χ1) is 3.85. The molecule has 0 spiro atoms. The summed E-state index contributed by atoms with van der Waals surface area (Å²) >= 11 is 0. The van der Waals surface area contributed by atoms with Gasteiger partial charge in [-0.1, -0.05) is 13.8 Å². The first kappa shape index (κ1) is 9.11. The molecule has 0 aliphatic heterocycles. The highest BCUT2D eigenvalue weighted by atomic mass is 31.2. The summed E-state index contributed by atoms with van der Waals surface area (Å²) < 4.78 is 10.3. The molecule has 0 saturated heterocycles. The molecule has 0 bridgehead atoms. The van der Waals surface area contributed by atoms with Gasteiger partial charge in [0.25, 0.3) is 0 Å². The van der Waals surface area contributed by atoms with Gasteiger partial charge in [0.05, 0.1) is 0 Å². The van der Waals surface area contributed by atoms with E-state index in [2.05, 4.69) is 0 Å². The molecule has 0 aromatic rings. The maximum Gasteiger partial charge on any atom is 0.343 e. The van der Waals surface area contributed by atoms with Crippen LogP contribution >= 0.6 is 7.60 Å². The van der Waals surface area contributed by atoms with Crippen molar-refractivity contribution < 1.29 is 14.4 Å². The Morgan fingerprint density at radius 1 is 1.44 bits per heavy atom. The Labute approximate surface area is 54.2 Å². The Morgan fingerprint density at radius 3 is 1.78 bits per heavy atom. The number of nitrogens with one attached hydrogen (secondary N) is 1. The first-order valence-electron chi connectivity index (χ1n) is 2.62. The lowest BCUT2D eigenvalue weighted by Crippen LogP contribution is -2.16. The van der Waals surface area contributed by atoms with Crippen LogP contribution in [0, 0.1) is 5.92 Å². The lowest BCUT2D eigenvalue weighted by Gasteiger charge is -2.14. The van der Waals surface area contributed by atoms with Crippen molar-refractivity contribution in [3.05, 3.63) is 0 Å². The summed E-state index contributed by atoms with van der Waals surface area (Å²) in [6.45, 7) is 3.22. The van der Waals surface area contributed by atoms with Crippen LogP contribution in [-0.4, -0.2) is 15.6 Å². The normalized spacial score (nSPS) is 16.2. The van der Waals surface area contributed by atoms with Crippen molar-refractivity contribution in [1.29, 1.82) is 0 Å². The summed E-state index contributed by atoms with van der Waals surface area (Å²) in [4.78, 5) is 16.8. The summed E-state index contributed by atoms with van der Waals surface area (Å²) in [7, 11) is -4.15. The fourth-order valence-corrected chi connectivity index (χ4v) is 1.17. The minimum atomic E-state index is -4.15. The zero-order valence-electron chi connectivity index (χ0n) is 5.40. The van der Waals surface area contributed by atoms with Gasteiger partial charge in [-0.05, 0) is 5.92 Å². The molecule has 1 atom stereocenters. The largest absolute Gasteiger partial charge is 0.343 e. The fourth-order valence-electron chi connectivity index (χ4n) is 0.388. The van der Waals surface area contributed by atoms with E-state index in [4.69, 9.17) is 15.5 Å². The van der Waals surface area contributed by atoms with Gasteiger partial charge in [-0.2, -0.15) is 0 Å². The van der Waals surface area contributed by atoms with Gasteiger partial charge in [-0.3, -0.25) is 4.57 Å². The van der Waals surface area contributed by atoms with Crippen LogP contribution in [0.25, 0.3) is 0 Å². The molecule has 4 nitrogen and oxygen atoms in total. The molecule has 0 aromatic heterocycles. The summed E-state index contributed by atoms with van der Waals surface area (Å²) in [5, 5.41) is 0. The third-order valence-electron chi connectivity index (χ3n) is 0.994. The second-order valence-electron chi connectivity index (χ2n) is 2.28. The quantitative estimate of drug-likeness (QED) is 0.563. The van der Waals surface area contributed by atoms with E-state index in [9.17, 15) is 4.57 Å². The van der Waals surface area contributed by atoms with Gasteiger partial charge < -0.3 is 9.79 Å². The smallest absolute Gasteiger partial charge is 0.323 e. The average Bonchev–Trinajstić information content (AvgIpc) is 1.62. The van der Waals surface area contributed by atoms with Crippen molar-refractivity contribution >= 4 is 7.60 Å². The van der Waals surface area contributed by atoms with Gasteiger partial charge in [-0.25, -0.2) is 5.73 Å². The highest BCUT2D eigenvalue weighted by Crippen LogP contribution is 2.42. The Morgan fingerprint density at radius 2 is 1.78 bits per heavy atom. The molecule has 0 rings (SSSR count). The molecule has 0 aliphatic carbocycles. The van der Waals surface area contributed by atoms with Crippen LogP contribution in [0.15, 0.2) is 0 Å². The Kier molecular flexibility index (Phi) is 2.83. The van der Waals surface area contributed by atoms with Crippen molar-refractivity contribution in [1.82, 2.24) is 5.73 Å². The molecule has 0 amide bonds. The van der Waals surface area contributed by atoms with E-state index in [1.807, 2.05) is 0 Å². The molecular formula is C4H11NO3P. The van der Waals surface area contributed by atoms with Crippen molar-refractivity contribution in [3.63, 3.8) is 0 Å². The number of rotatable bonds is 2. The minimum absolute atomic E-state index is 0.286. The molecule has 5 heteroatoms. The maximum absolute atomic E-state index is 10.3. The fraction of sp³-hybridized carbons (Fsp3) is 1.00. The molecule has 0 aromatic carbocycles. The van der Waals surface area contributed by atoms with E-state index in [1.54, 1.807) is 13.8 Å². The highest BCUT2D eigenvalue weighted by Gasteiger charge is 2.27. The SMILES string of the molecule is CC(C)C([NH])P(=O)(O)O. The molecule has 0 fully saturated rings. The van der Waals surface area contributed by atoms with E-state index < -0.39 is 13.4 Å². The van der Waals surface area contributed by atoms with E-state index in [1.165, 1.54) is 0 Å². The molecule has 0 aliphatic rings. The predicted molar refractivity (Wildman–Crippen MR) is 33.8 cm³/mol. The molecule has 1 unspecified atom stereocenters. The van der Waals surface area contributed by atoms with Gasteiger partial charge in [0.15, 0.2) is 0 Å². The predicted octanol–water partition coefficient (Wildman–Crippen LogP) is 0.429. The van der Waals surface area contributed by atoms with Gasteiger partial charge in [0.2, 0.25) is 0 Å². The molecular weight excluding hydrogens is 141 g/mol. The van der Waals surface area contributed by atoms with E-state index in [-0.39, 0.29) is 5.92 Å². The van der Waals surface area contributed by atoms with Crippen LogP contribution in [-0.2, 0) is 4.57 Å². The Hall–Kier alpha value is 0.110. The first-order valence-corrected chi connectivity index (χ1v) is 4.30. The van der Waals surface area contributed by atoms with Crippen molar-refractivity contribution in [2.45, 2.75) is 19.6 Å².